The van der Waals surface area contributed by atoms with Crippen molar-refractivity contribution in [2.45, 2.75) is 64.2 Å². The lowest BCUT2D eigenvalue weighted by molar-refractivity contribution is -0.0827. The van der Waals surface area contributed by atoms with Crippen molar-refractivity contribution in [1.29, 1.82) is 0 Å². The summed E-state index contributed by atoms with van der Waals surface area (Å²) < 4.78 is 6.24. The van der Waals surface area contributed by atoms with Crippen molar-refractivity contribution in [1.82, 2.24) is 0 Å². The van der Waals surface area contributed by atoms with Crippen LogP contribution in [-0.4, -0.2) is 11.2 Å². The number of rotatable bonds is 3. The standard InChI is InChI=1S/C17H27NO/c1-6-17(18,13-10-8-7-9-11-13)14-12-15(2,3)19-16(14,4)5/h7-11,14H,6,12,18H2,1-5H3. The lowest BCUT2D eigenvalue weighted by Gasteiger charge is -2.41. The molecule has 1 fully saturated rings. The molecule has 1 aliphatic heterocycles. The Morgan fingerprint density at radius 1 is 1.21 bits per heavy atom. The maximum absolute atomic E-state index is 6.84. The normalized spacial score (nSPS) is 28.0. The van der Waals surface area contributed by atoms with Crippen molar-refractivity contribution >= 4 is 0 Å². The summed E-state index contributed by atoms with van der Waals surface area (Å²) in [5.74, 6) is 0.322. The van der Waals surface area contributed by atoms with Crippen LogP contribution in [0.2, 0.25) is 0 Å². The number of hydrogen-bond donors (Lipinski definition) is 1. The first-order valence-corrected chi connectivity index (χ1v) is 7.26. The lowest BCUT2D eigenvalue weighted by atomic mass is 9.68. The first-order valence-electron chi connectivity index (χ1n) is 7.26. The number of nitrogens with two attached hydrogens (primary N) is 1. The maximum atomic E-state index is 6.84. The highest BCUT2D eigenvalue weighted by Crippen LogP contribution is 2.50. The van der Waals surface area contributed by atoms with Crippen molar-refractivity contribution in [3.8, 4) is 0 Å². The van der Waals surface area contributed by atoms with Gasteiger partial charge in [0.2, 0.25) is 0 Å². The van der Waals surface area contributed by atoms with E-state index in [1.165, 1.54) is 5.56 Å². The van der Waals surface area contributed by atoms with Gasteiger partial charge in [0, 0.05) is 11.5 Å². The monoisotopic (exact) mass is 261 g/mol. The molecule has 0 aromatic heterocycles. The lowest BCUT2D eigenvalue weighted by Crippen LogP contribution is -2.50. The zero-order valence-electron chi connectivity index (χ0n) is 12.9. The van der Waals surface area contributed by atoms with Gasteiger partial charge < -0.3 is 10.5 Å². The summed E-state index contributed by atoms with van der Waals surface area (Å²) in [4.78, 5) is 0. The zero-order chi connectivity index (χ0) is 14.3. The van der Waals surface area contributed by atoms with Crippen LogP contribution < -0.4 is 5.73 Å². The van der Waals surface area contributed by atoms with E-state index in [2.05, 4.69) is 58.9 Å². The molecule has 2 unspecified atom stereocenters. The first-order chi connectivity index (χ1) is 8.71. The van der Waals surface area contributed by atoms with E-state index in [1.807, 2.05) is 6.07 Å². The van der Waals surface area contributed by atoms with Gasteiger partial charge in [0.1, 0.15) is 0 Å². The number of hydrogen-bond acceptors (Lipinski definition) is 2. The van der Waals surface area contributed by atoms with Gasteiger partial charge in [-0.05, 0) is 46.1 Å². The minimum atomic E-state index is -0.321. The number of ether oxygens (including phenoxy) is 1. The molecule has 1 aliphatic rings. The van der Waals surface area contributed by atoms with Crippen LogP contribution >= 0.6 is 0 Å². The average molecular weight is 261 g/mol. The highest BCUT2D eigenvalue weighted by molar-refractivity contribution is 5.27. The third-order valence-electron chi connectivity index (χ3n) is 4.59. The minimum Gasteiger partial charge on any atom is -0.369 e. The molecule has 0 radical (unpaired) electrons. The topological polar surface area (TPSA) is 35.2 Å². The van der Waals surface area contributed by atoms with Crippen molar-refractivity contribution < 1.29 is 4.74 Å². The Balaban J connectivity index is 2.42. The fourth-order valence-electron chi connectivity index (χ4n) is 3.76. The Morgan fingerprint density at radius 3 is 2.21 bits per heavy atom. The Hall–Kier alpha value is -0.860. The molecule has 1 saturated heterocycles. The molecule has 0 spiro atoms. The second kappa shape index (κ2) is 4.60. The van der Waals surface area contributed by atoms with Crippen molar-refractivity contribution in [3.63, 3.8) is 0 Å². The largest absolute Gasteiger partial charge is 0.369 e. The Labute approximate surface area is 117 Å². The first kappa shape index (κ1) is 14.5. The van der Waals surface area contributed by atoms with Crippen molar-refractivity contribution in [2.75, 3.05) is 0 Å². The van der Waals surface area contributed by atoms with Crippen LogP contribution in [0.5, 0.6) is 0 Å². The summed E-state index contributed by atoms with van der Waals surface area (Å²) in [6.07, 6.45) is 1.92. The molecule has 2 heteroatoms. The molecule has 0 bridgehead atoms. The molecule has 0 saturated carbocycles. The molecule has 0 aliphatic carbocycles. The quantitative estimate of drug-likeness (QED) is 0.897. The summed E-state index contributed by atoms with van der Waals surface area (Å²) in [5.41, 5.74) is 7.45. The van der Waals surface area contributed by atoms with Gasteiger partial charge in [0.15, 0.2) is 0 Å². The smallest absolute Gasteiger partial charge is 0.0683 e. The molecule has 1 aromatic rings. The molecular weight excluding hydrogens is 234 g/mol. The van der Waals surface area contributed by atoms with Gasteiger partial charge in [0.25, 0.3) is 0 Å². The molecule has 2 atom stereocenters. The third kappa shape index (κ3) is 2.56. The summed E-state index contributed by atoms with van der Waals surface area (Å²) in [6.45, 7) is 10.8. The van der Waals surface area contributed by atoms with Crippen LogP contribution in [0.1, 0.15) is 53.0 Å². The molecule has 19 heavy (non-hydrogen) atoms. The van der Waals surface area contributed by atoms with E-state index in [9.17, 15) is 0 Å². The molecule has 2 N–H and O–H groups in total. The minimum absolute atomic E-state index is 0.0945. The molecule has 1 heterocycles. The van der Waals surface area contributed by atoms with Gasteiger partial charge >= 0.3 is 0 Å². The third-order valence-corrected chi connectivity index (χ3v) is 4.59. The fraction of sp³-hybridized carbons (Fsp3) is 0.647. The van der Waals surface area contributed by atoms with E-state index >= 15 is 0 Å². The van der Waals surface area contributed by atoms with E-state index in [0.717, 1.165) is 12.8 Å². The Bertz CT molecular complexity index is 438. The van der Waals surface area contributed by atoms with E-state index in [0.29, 0.717) is 5.92 Å². The molecule has 1 aromatic carbocycles. The van der Waals surface area contributed by atoms with Gasteiger partial charge in [-0.2, -0.15) is 0 Å². The second-order valence-electron chi connectivity index (χ2n) is 6.98. The van der Waals surface area contributed by atoms with Crippen molar-refractivity contribution in [2.24, 2.45) is 11.7 Å². The van der Waals surface area contributed by atoms with E-state index < -0.39 is 0 Å². The van der Waals surface area contributed by atoms with Crippen molar-refractivity contribution in [3.05, 3.63) is 35.9 Å². The van der Waals surface area contributed by atoms with Crippen LogP contribution in [0.4, 0.5) is 0 Å². The van der Waals surface area contributed by atoms with E-state index in [4.69, 9.17) is 10.5 Å². The highest BCUT2D eigenvalue weighted by atomic mass is 16.5. The Kier molecular flexibility index (Phi) is 3.53. The summed E-state index contributed by atoms with van der Waals surface area (Å²) in [6, 6.07) is 10.5. The van der Waals surface area contributed by atoms with Gasteiger partial charge in [-0.25, -0.2) is 0 Å². The predicted octanol–water partition coefficient (Wildman–Crippen LogP) is 3.84. The SMILES string of the molecule is CCC(N)(c1ccccc1)C1CC(C)(C)OC1(C)C. The van der Waals surface area contributed by atoms with Gasteiger partial charge in [-0.1, -0.05) is 37.3 Å². The average Bonchev–Trinajstić information content (AvgIpc) is 2.58. The summed E-state index contributed by atoms with van der Waals surface area (Å²) >= 11 is 0. The zero-order valence-corrected chi connectivity index (χ0v) is 12.9. The maximum Gasteiger partial charge on any atom is 0.0683 e. The molecule has 106 valence electrons. The van der Waals surface area contributed by atoms with Crippen LogP contribution in [0, 0.1) is 5.92 Å². The molecule has 0 amide bonds. The van der Waals surface area contributed by atoms with Crippen LogP contribution in [0.15, 0.2) is 30.3 Å². The van der Waals surface area contributed by atoms with Gasteiger partial charge in [-0.15, -0.1) is 0 Å². The van der Waals surface area contributed by atoms with Crippen LogP contribution in [0.3, 0.4) is 0 Å². The predicted molar refractivity (Wildman–Crippen MR) is 79.9 cm³/mol. The molecule has 2 rings (SSSR count). The van der Waals surface area contributed by atoms with Gasteiger partial charge in [0.05, 0.1) is 11.2 Å². The molecule has 2 nitrogen and oxygen atoms in total. The molecular formula is C17H27NO. The highest BCUT2D eigenvalue weighted by Gasteiger charge is 2.53. The van der Waals surface area contributed by atoms with Gasteiger partial charge in [-0.3, -0.25) is 0 Å². The number of benzene rings is 1. The fourth-order valence-corrected chi connectivity index (χ4v) is 3.76. The van der Waals surface area contributed by atoms with Crippen LogP contribution in [0.25, 0.3) is 0 Å². The summed E-state index contributed by atoms with van der Waals surface area (Å²) in [7, 11) is 0. The second-order valence-corrected chi connectivity index (χ2v) is 6.98. The Morgan fingerprint density at radius 2 is 1.79 bits per heavy atom. The summed E-state index contributed by atoms with van der Waals surface area (Å²) in [5, 5.41) is 0. The van der Waals surface area contributed by atoms with E-state index in [1.54, 1.807) is 0 Å². The van der Waals surface area contributed by atoms with Crippen LogP contribution in [-0.2, 0) is 10.3 Å². The van der Waals surface area contributed by atoms with E-state index in [-0.39, 0.29) is 16.7 Å².